The molecule has 0 unspecified atom stereocenters. The normalized spacial score (nSPS) is 10.2. The highest BCUT2D eigenvalue weighted by Crippen LogP contribution is 2.09. The van der Waals surface area contributed by atoms with Crippen molar-refractivity contribution in [3.63, 3.8) is 0 Å². The fourth-order valence-corrected chi connectivity index (χ4v) is 2.00. The van der Waals surface area contributed by atoms with E-state index in [2.05, 4.69) is 31.5 Å². The third-order valence-electron chi connectivity index (χ3n) is 2.73. The Morgan fingerprint density at radius 3 is 2.81 bits per heavy atom. The van der Waals surface area contributed by atoms with Crippen molar-refractivity contribution in [2.75, 3.05) is 18.4 Å². The molecule has 0 saturated heterocycles. The number of rotatable bonds is 6. The maximum atomic E-state index is 13.0. The van der Waals surface area contributed by atoms with E-state index < -0.39 is 0 Å². The van der Waals surface area contributed by atoms with Gasteiger partial charge in [0.05, 0.1) is 6.42 Å². The number of aromatic nitrogens is 1. The number of anilines is 1. The van der Waals surface area contributed by atoms with Crippen LogP contribution in [0.4, 0.5) is 10.2 Å². The van der Waals surface area contributed by atoms with Gasteiger partial charge in [-0.2, -0.15) is 0 Å². The second-order valence-corrected chi connectivity index (χ2v) is 5.36. The van der Waals surface area contributed by atoms with E-state index in [1.807, 2.05) is 12.1 Å². The zero-order valence-electron chi connectivity index (χ0n) is 11.3. The van der Waals surface area contributed by atoms with Crippen molar-refractivity contribution in [1.82, 2.24) is 10.3 Å². The Morgan fingerprint density at radius 2 is 2.10 bits per heavy atom. The number of nitrogens with one attached hydrogen (secondary N) is 2. The average Bonchev–Trinajstić information content (AvgIpc) is 2.45. The molecule has 2 aromatic rings. The van der Waals surface area contributed by atoms with Crippen LogP contribution in [0.5, 0.6) is 0 Å². The fraction of sp³-hybridized carbons (Fsp3) is 0.200. The van der Waals surface area contributed by atoms with Crippen molar-refractivity contribution in [1.29, 1.82) is 0 Å². The lowest BCUT2D eigenvalue weighted by molar-refractivity contribution is -0.120. The first-order valence-corrected chi connectivity index (χ1v) is 7.29. The van der Waals surface area contributed by atoms with Gasteiger partial charge in [0, 0.05) is 23.8 Å². The molecule has 6 heteroatoms. The number of hydrogen-bond acceptors (Lipinski definition) is 3. The molecular formula is C15H15BrFN3O. The Labute approximate surface area is 130 Å². The van der Waals surface area contributed by atoms with Gasteiger partial charge in [-0.1, -0.05) is 12.1 Å². The lowest BCUT2D eigenvalue weighted by atomic mass is 10.1. The van der Waals surface area contributed by atoms with Gasteiger partial charge in [-0.3, -0.25) is 4.79 Å². The second kappa shape index (κ2) is 7.73. The van der Waals surface area contributed by atoms with Gasteiger partial charge < -0.3 is 10.6 Å². The Morgan fingerprint density at radius 1 is 1.24 bits per heavy atom. The minimum atomic E-state index is -0.330. The molecule has 1 aromatic carbocycles. The van der Waals surface area contributed by atoms with Crippen molar-refractivity contribution < 1.29 is 9.18 Å². The number of nitrogens with zero attached hydrogens (tertiary/aromatic N) is 1. The molecule has 110 valence electrons. The predicted molar refractivity (Wildman–Crippen MR) is 83.5 cm³/mol. The zero-order chi connectivity index (χ0) is 15.1. The summed E-state index contributed by atoms with van der Waals surface area (Å²) in [6.45, 7) is 1.05. The minimum absolute atomic E-state index is 0.133. The summed E-state index contributed by atoms with van der Waals surface area (Å²) in [7, 11) is 0. The molecule has 0 aliphatic rings. The highest BCUT2D eigenvalue weighted by molar-refractivity contribution is 9.10. The first kappa shape index (κ1) is 15.4. The van der Waals surface area contributed by atoms with E-state index in [9.17, 15) is 9.18 Å². The molecule has 0 radical (unpaired) electrons. The van der Waals surface area contributed by atoms with Crippen LogP contribution in [-0.4, -0.2) is 24.0 Å². The van der Waals surface area contributed by atoms with Crippen molar-refractivity contribution in [2.24, 2.45) is 0 Å². The van der Waals surface area contributed by atoms with E-state index in [4.69, 9.17) is 0 Å². The van der Waals surface area contributed by atoms with Crippen molar-refractivity contribution in [2.45, 2.75) is 6.42 Å². The number of carbonyl (C=O) groups excluding carboxylic acids is 1. The van der Waals surface area contributed by atoms with Crippen LogP contribution in [0, 0.1) is 5.82 Å². The number of carbonyl (C=O) groups is 1. The summed E-state index contributed by atoms with van der Waals surface area (Å²) in [5.41, 5.74) is 0.662. The number of pyridine rings is 1. The lowest BCUT2D eigenvalue weighted by Crippen LogP contribution is -2.30. The van der Waals surface area contributed by atoms with Gasteiger partial charge in [0.25, 0.3) is 0 Å². The van der Waals surface area contributed by atoms with Crippen LogP contribution in [0.15, 0.2) is 47.1 Å². The largest absolute Gasteiger partial charge is 0.368 e. The molecule has 1 heterocycles. The Hall–Kier alpha value is -1.95. The first-order valence-electron chi connectivity index (χ1n) is 6.50. The number of amides is 1. The summed E-state index contributed by atoms with van der Waals surface area (Å²) < 4.78 is 13.9. The van der Waals surface area contributed by atoms with Gasteiger partial charge in [-0.15, -0.1) is 0 Å². The number of hydrogen-bond donors (Lipinski definition) is 2. The molecule has 2 N–H and O–H groups in total. The highest BCUT2D eigenvalue weighted by atomic mass is 79.9. The monoisotopic (exact) mass is 351 g/mol. The predicted octanol–water partition coefficient (Wildman–Crippen LogP) is 2.75. The molecule has 0 spiro atoms. The van der Waals surface area contributed by atoms with Crippen LogP contribution in [0.3, 0.4) is 0 Å². The molecule has 1 amide bonds. The van der Waals surface area contributed by atoms with E-state index in [0.717, 1.165) is 10.3 Å². The molecule has 0 fully saturated rings. The molecule has 0 bridgehead atoms. The molecule has 1 aromatic heterocycles. The summed E-state index contributed by atoms with van der Waals surface area (Å²) in [4.78, 5) is 15.9. The molecular weight excluding hydrogens is 337 g/mol. The fourth-order valence-electron chi connectivity index (χ4n) is 1.77. The Kier molecular flexibility index (Phi) is 5.68. The van der Waals surface area contributed by atoms with Crippen LogP contribution in [-0.2, 0) is 11.2 Å². The quantitative estimate of drug-likeness (QED) is 0.786. The lowest BCUT2D eigenvalue weighted by Gasteiger charge is -2.07. The van der Waals surface area contributed by atoms with E-state index in [1.165, 1.54) is 12.1 Å². The smallest absolute Gasteiger partial charge is 0.224 e. The zero-order valence-corrected chi connectivity index (χ0v) is 12.9. The van der Waals surface area contributed by atoms with E-state index in [1.54, 1.807) is 18.3 Å². The third kappa shape index (κ3) is 5.51. The summed E-state index contributed by atoms with van der Waals surface area (Å²) in [5, 5.41) is 5.86. The summed E-state index contributed by atoms with van der Waals surface area (Å²) in [6.07, 6.45) is 1.87. The topological polar surface area (TPSA) is 54.0 Å². The van der Waals surface area contributed by atoms with Crippen LogP contribution >= 0.6 is 15.9 Å². The second-order valence-electron chi connectivity index (χ2n) is 4.45. The van der Waals surface area contributed by atoms with Gasteiger partial charge in [0.1, 0.15) is 11.6 Å². The van der Waals surface area contributed by atoms with E-state index in [0.29, 0.717) is 18.7 Å². The average molecular weight is 352 g/mol. The number of halogens is 2. The minimum Gasteiger partial charge on any atom is -0.368 e. The summed E-state index contributed by atoms with van der Waals surface area (Å²) in [5.74, 6) is 0.284. The van der Waals surface area contributed by atoms with Gasteiger partial charge in [0.15, 0.2) is 0 Å². The third-order valence-corrected chi connectivity index (χ3v) is 3.20. The van der Waals surface area contributed by atoms with Gasteiger partial charge in [-0.05, 0) is 45.8 Å². The standard InChI is InChI=1S/C15H15BrFN3O/c16-12-4-5-14(20-10-12)18-6-7-19-15(21)9-11-2-1-3-13(17)8-11/h1-5,8,10H,6-7,9H2,(H,18,20)(H,19,21). The Balaban J connectivity index is 1.68. The molecule has 0 aliphatic carbocycles. The molecule has 2 rings (SSSR count). The van der Waals surface area contributed by atoms with Crippen LogP contribution in [0.2, 0.25) is 0 Å². The maximum Gasteiger partial charge on any atom is 0.224 e. The van der Waals surface area contributed by atoms with Crippen LogP contribution in [0.1, 0.15) is 5.56 Å². The van der Waals surface area contributed by atoms with Crippen LogP contribution in [0.25, 0.3) is 0 Å². The van der Waals surface area contributed by atoms with E-state index >= 15 is 0 Å². The first-order chi connectivity index (χ1) is 10.1. The molecule has 21 heavy (non-hydrogen) atoms. The van der Waals surface area contributed by atoms with Gasteiger partial charge in [-0.25, -0.2) is 9.37 Å². The molecule has 0 atom stereocenters. The van der Waals surface area contributed by atoms with Crippen molar-refractivity contribution >= 4 is 27.7 Å². The van der Waals surface area contributed by atoms with Crippen molar-refractivity contribution in [3.05, 3.63) is 58.4 Å². The van der Waals surface area contributed by atoms with Gasteiger partial charge >= 0.3 is 0 Å². The Bertz CT molecular complexity index is 604. The molecule has 4 nitrogen and oxygen atoms in total. The maximum absolute atomic E-state index is 13.0. The van der Waals surface area contributed by atoms with Gasteiger partial charge in [0.2, 0.25) is 5.91 Å². The van der Waals surface area contributed by atoms with E-state index in [-0.39, 0.29) is 18.1 Å². The summed E-state index contributed by atoms with van der Waals surface area (Å²) in [6, 6.07) is 9.78. The SMILES string of the molecule is O=C(Cc1cccc(F)c1)NCCNc1ccc(Br)cn1. The molecule has 0 aliphatic heterocycles. The highest BCUT2D eigenvalue weighted by Gasteiger charge is 2.03. The molecule has 0 saturated carbocycles. The van der Waals surface area contributed by atoms with Crippen molar-refractivity contribution in [3.8, 4) is 0 Å². The number of benzene rings is 1. The van der Waals surface area contributed by atoms with Crippen LogP contribution < -0.4 is 10.6 Å². The summed E-state index contributed by atoms with van der Waals surface area (Å²) >= 11 is 3.31.